The number of nitrogens with zero attached hydrogens (tertiary/aromatic N) is 1. The lowest BCUT2D eigenvalue weighted by Crippen LogP contribution is -2.42. The van der Waals surface area contributed by atoms with Gasteiger partial charge in [0.15, 0.2) is 0 Å². The highest BCUT2D eigenvalue weighted by molar-refractivity contribution is 7.89. The molecule has 2 rings (SSSR count). The van der Waals surface area contributed by atoms with Crippen LogP contribution in [0.15, 0.2) is 17.0 Å². The molecule has 0 aromatic heterocycles. The van der Waals surface area contributed by atoms with Gasteiger partial charge in [-0.25, -0.2) is 17.2 Å². The first-order valence-corrected chi connectivity index (χ1v) is 8.50. The first kappa shape index (κ1) is 16.3. The third kappa shape index (κ3) is 3.25. The fourth-order valence-corrected chi connectivity index (χ4v) is 4.44. The van der Waals surface area contributed by atoms with Crippen LogP contribution in [0.2, 0.25) is 0 Å². The second-order valence-electron chi connectivity index (χ2n) is 5.29. The predicted octanol–water partition coefficient (Wildman–Crippen LogP) is 2.04. The molecular formula is C14H20F2N2O2S. The molecule has 0 spiro atoms. The fraction of sp³-hybridized carbons (Fsp3) is 0.571. The van der Waals surface area contributed by atoms with Crippen LogP contribution in [0, 0.1) is 18.6 Å². The number of hydrogen-bond donors (Lipinski definition) is 1. The summed E-state index contributed by atoms with van der Waals surface area (Å²) in [5, 5.41) is 3.11. The highest BCUT2D eigenvalue weighted by Crippen LogP contribution is 2.25. The van der Waals surface area contributed by atoms with E-state index in [4.69, 9.17) is 0 Å². The van der Waals surface area contributed by atoms with Crippen molar-refractivity contribution in [3.05, 3.63) is 29.3 Å². The van der Waals surface area contributed by atoms with Gasteiger partial charge in [-0.15, -0.1) is 0 Å². The third-order valence-electron chi connectivity index (χ3n) is 3.69. The normalized spacial score (nSPS) is 19.4. The van der Waals surface area contributed by atoms with Gasteiger partial charge < -0.3 is 5.32 Å². The van der Waals surface area contributed by atoms with Crippen LogP contribution in [-0.4, -0.2) is 38.4 Å². The topological polar surface area (TPSA) is 49.4 Å². The summed E-state index contributed by atoms with van der Waals surface area (Å²) in [6, 6.07) is 1.53. The molecule has 0 amide bonds. The monoisotopic (exact) mass is 318 g/mol. The van der Waals surface area contributed by atoms with Crippen molar-refractivity contribution < 1.29 is 17.2 Å². The zero-order chi connectivity index (χ0) is 15.6. The van der Waals surface area contributed by atoms with E-state index in [1.165, 1.54) is 11.2 Å². The summed E-state index contributed by atoms with van der Waals surface area (Å²) < 4.78 is 54.1. The maximum atomic E-state index is 14.0. The van der Waals surface area contributed by atoms with E-state index in [0.717, 1.165) is 12.6 Å². The molecule has 0 aliphatic carbocycles. The average molecular weight is 318 g/mol. The molecule has 7 heteroatoms. The van der Waals surface area contributed by atoms with Gasteiger partial charge in [0, 0.05) is 25.2 Å². The molecule has 1 fully saturated rings. The summed E-state index contributed by atoms with van der Waals surface area (Å²) in [5.74, 6) is -1.78. The van der Waals surface area contributed by atoms with Crippen molar-refractivity contribution in [3.63, 3.8) is 0 Å². The molecule has 1 N–H and O–H groups in total. The van der Waals surface area contributed by atoms with Crippen LogP contribution < -0.4 is 5.32 Å². The van der Waals surface area contributed by atoms with Crippen LogP contribution in [0.25, 0.3) is 0 Å². The van der Waals surface area contributed by atoms with Crippen molar-refractivity contribution in [2.24, 2.45) is 0 Å². The van der Waals surface area contributed by atoms with E-state index in [2.05, 4.69) is 5.32 Å². The summed E-state index contributed by atoms with van der Waals surface area (Å²) >= 11 is 0. The Bertz CT molecular complexity index is 614. The lowest BCUT2D eigenvalue weighted by atomic mass is 10.2. The molecule has 0 bridgehead atoms. The molecule has 1 unspecified atom stereocenters. The zero-order valence-corrected chi connectivity index (χ0v) is 13.0. The van der Waals surface area contributed by atoms with E-state index in [-0.39, 0.29) is 11.6 Å². The Balaban J connectivity index is 2.45. The Hall–Kier alpha value is -1.05. The molecule has 4 nitrogen and oxygen atoms in total. The molecule has 0 radical (unpaired) electrons. The largest absolute Gasteiger partial charge is 0.315 e. The SMILES string of the molecule is CCCN(C1CCNC1)S(=O)(=O)c1cc(C)c(F)cc1F. The summed E-state index contributed by atoms with van der Waals surface area (Å²) in [5.41, 5.74) is 0.121. The second kappa shape index (κ2) is 6.37. The predicted molar refractivity (Wildman–Crippen MR) is 76.6 cm³/mol. The maximum absolute atomic E-state index is 14.0. The minimum atomic E-state index is -3.96. The van der Waals surface area contributed by atoms with Crippen LogP contribution >= 0.6 is 0 Å². The van der Waals surface area contributed by atoms with Crippen LogP contribution in [0.1, 0.15) is 25.3 Å². The number of halogens is 2. The van der Waals surface area contributed by atoms with Gasteiger partial charge in [0.05, 0.1) is 0 Å². The first-order chi connectivity index (χ1) is 9.87. The van der Waals surface area contributed by atoms with Crippen LogP contribution in [0.3, 0.4) is 0 Å². The number of sulfonamides is 1. The van der Waals surface area contributed by atoms with Gasteiger partial charge in [-0.05, 0) is 37.9 Å². The van der Waals surface area contributed by atoms with Gasteiger partial charge in [0.1, 0.15) is 16.5 Å². The molecule has 118 valence electrons. The summed E-state index contributed by atoms with van der Waals surface area (Å²) in [4.78, 5) is -0.443. The Morgan fingerprint density at radius 3 is 2.62 bits per heavy atom. The van der Waals surface area contributed by atoms with Crippen molar-refractivity contribution in [2.75, 3.05) is 19.6 Å². The number of rotatable bonds is 5. The van der Waals surface area contributed by atoms with E-state index >= 15 is 0 Å². The molecular weight excluding hydrogens is 298 g/mol. The number of benzene rings is 1. The quantitative estimate of drug-likeness (QED) is 0.904. The standard InChI is InChI=1S/C14H20F2N2O2S/c1-3-6-18(11-4-5-17-9-11)21(19,20)14-7-10(2)12(15)8-13(14)16/h7-8,11,17H,3-6,9H2,1-2H3. The smallest absolute Gasteiger partial charge is 0.246 e. The van der Waals surface area contributed by atoms with E-state index in [1.807, 2.05) is 6.92 Å². The van der Waals surface area contributed by atoms with Gasteiger partial charge in [0.2, 0.25) is 10.0 Å². The van der Waals surface area contributed by atoms with Crippen molar-refractivity contribution in [2.45, 2.75) is 37.6 Å². The third-order valence-corrected chi connectivity index (χ3v) is 5.65. The minimum absolute atomic E-state index is 0.121. The minimum Gasteiger partial charge on any atom is -0.315 e. The van der Waals surface area contributed by atoms with Gasteiger partial charge in [-0.2, -0.15) is 4.31 Å². The van der Waals surface area contributed by atoms with Crippen LogP contribution in [0.5, 0.6) is 0 Å². The van der Waals surface area contributed by atoms with Gasteiger partial charge in [-0.3, -0.25) is 0 Å². The van der Waals surface area contributed by atoms with Gasteiger partial charge >= 0.3 is 0 Å². The van der Waals surface area contributed by atoms with E-state index in [9.17, 15) is 17.2 Å². The second-order valence-corrected chi connectivity index (χ2v) is 7.15. The Morgan fingerprint density at radius 1 is 1.33 bits per heavy atom. The van der Waals surface area contributed by atoms with E-state index in [0.29, 0.717) is 32.0 Å². The van der Waals surface area contributed by atoms with E-state index < -0.39 is 26.6 Å². The highest BCUT2D eigenvalue weighted by atomic mass is 32.2. The first-order valence-electron chi connectivity index (χ1n) is 7.06. The van der Waals surface area contributed by atoms with E-state index in [1.54, 1.807) is 0 Å². The van der Waals surface area contributed by atoms with Crippen molar-refractivity contribution >= 4 is 10.0 Å². The molecule has 1 aromatic rings. The summed E-state index contributed by atoms with van der Waals surface area (Å²) in [6.45, 7) is 4.92. The van der Waals surface area contributed by atoms with Gasteiger partial charge in [0.25, 0.3) is 0 Å². The van der Waals surface area contributed by atoms with Gasteiger partial charge in [-0.1, -0.05) is 6.92 Å². The summed E-state index contributed by atoms with van der Waals surface area (Å²) in [6.07, 6.45) is 1.33. The molecule has 0 saturated carbocycles. The highest BCUT2D eigenvalue weighted by Gasteiger charge is 2.34. The fourth-order valence-electron chi connectivity index (χ4n) is 2.56. The Labute approximate surface area is 124 Å². The lowest BCUT2D eigenvalue weighted by Gasteiger charge is -2.27. The molecule has 1 aliphatic rings. The lowest BCUT2D eigenvalue weighted by molar-refractivity contribution is 0.333. The van der Waals surface area contributed by atoms with Crippen molar-refractivity contribution in [1.82, 2.24) is 9.62 Å². The molecule has 21 heavy (non-hydrogen) atoms. The Kier molecular flexibility index (Phi) is 4.95. The average Bonchev–Trinajstić information content (AvgIpc) is 2.93. The molecule has 1 atom stereocenters. The molecule has 1 aromatic carbocycles. The molecule has 1 aliphatic heterocycles. The summed E-state index contributed by atoms with van der Waals surface area (Å²) in [7, 11) is -3.96. The van der Waals surface area contributed by atoms with Crippen LogP contribution in [-0.2, 0) is 10.0 Å². The molecule has 1 saturated heterocycles. The molecule has 1 heterocycles. The Morgan fingerprint density at radius 2 is 2.05 bits per heavy atom. The van der Waals surface area contributed by atoms with Crippen molar-refractivity contribution in [1.29, 1.82) is 0 Å². The number of hydrogen-bond acceptors (Lipinski definition) is 3. The van der Waals surface area contributed by atoms with Crippen LogP contribution in [0.4, 0.5) is 8.78 Å². The number of aryl methyl sites for hydroxylation is 1. The zero-order valence-electron chi connectivity index (χ0n) is 12.2. The van der Waals surface area contributed by atoms with Crippen molar-refractivity contribution in [3.8, 4) is 0 Å². The maximum Gasteiger partial charge on any atom is 0.246 e. The number of nitrogens with one attached hydrogen (secondary N) is 1.